The molecule has 124 valence electrons. The van der Waals surface area contributed by atoms with Crippen molar-refractivity contribution < 1.29 is 9.32 Å². The highest BCUT2D eigenvalue weighted by atomic mass is 16.5. The minimum Gasteiger partial charge on any atom is -0.360 e. The zero-order valence-electron chi connectivity index (χ0n) is 13.9. The van der Waals surface area contributed by atoms with Crippen LogP contribution < -0.4 is 11.1 Å². The van der Waals surface area contributed by atoms with Gasteiger partial charge in [0.15, 0.2) is 5.82 Å². The van der Waals surface area contributed by atoms with E-state index in [4.69, 9.17) is 10.3 Å². The van der Waals surface area contributed by atoms with Crippen molar-refractivity contribution in [1.82, 2.24) is 15.0 Å². The van der Waals surface area contributed by atoms with Gasteiger partial charge in [-0.05, 0) is 52.5 Å². The average Bonchev–Trinajstić information content (AvgIpc) is 3.05. The molecule has 6 nitrogen and oxygen atoms in total. The SMILES string of the molecule is Cc1cc(-n2c(C)cc(C(=O)NC3CCC(N)CC3)c2C)no1. The lowest BCUT2D eigenvalue weighted by atomic mass is 9.91. The van der Waals surface area contributed by atoms with E-state index in [1.807, 2.05) is 37.5 Å². The Kier molecular flexibility index (Phi) is 4.26. The Balaban J connectivity index is 1.79. The zero-order chi connectivity index (χ0) is 16.6. The Morgan fingerprint density at radius 3 is 2.57 bits per heavy atom. The van der Waals surface area contributed by atoms with Crippen molar-refractivity contribution in [2.75, 3.05) is 0 Å². The van der Waals surface area contributed by atoms with E-state index in [0.29, 0.717) is 11.4 Å². The lowest BCUT2D eigenvalue weighted by Gasteiger charge is -2.26. The molecule has 2 heterocycles. The molecule has 1 aliphatic carbocycles. The number of aryl methyl sites for hydroxylation is 2. The monoisotopic (exact) mass is 316 g/mol. The normalized spacial score (nSPS) is 21.4. The minimum absolute atomic E-state index is 0.0231. The first-order chi connectivity index (χ1) is 11.0. The van der Waals surface area contributed by atoms with Gasteiger partial charge in [-0.15, -0.1) is 0 Å². The summed E-state index contributed by atoms with van der Waals surface area (Å²) in [5, 5.41) is 7.19. The Hall–Kier alpha value is -2.08. The van der Waals surface area contributed by atoms with Crippen LogP contribution in [0, 0.1) is 20.8 Å². The van der Waals surface area contributed by atoms with Gasteiger partial charge in [-0.3, -0.25) is 9.36 Å². The summed E-state index contributed by atoms with van der Waals surface area (Å²) in [5.74, 6) is 1.43. The Morgan fingerprint density at radius 2 is 1.96 bits per heavy atom. The van der Waals surface area contributed by atoms with E-state index in [9.17, 15) is 4.79 Å². The van der Waals surface area contributed by atoms with Crippen LogP contribution in [0.2, 0.25) is 0 Å². The number of nitrogens with zero attached hydrogens (tertiary/aromatic N) is 2. The lowest BCUT2D eigenvalue weighted by molar-refractivity contribution is 0.0925. The fraction of sp³-hybridized carbons (Fsp3) is 0.529. The van der Waals surface area contributed by atoms with E-state index in [-0.39, 0.29) is 18.0 Å². The van der Waals surface area contributed by atoms with Crippen molar-refractivity contribution >= 4 is 5.91 Å². The molecule has 1 aliphatic rings. The van der Waals surface area contributed by atoms with Crippen LogP contribution in [-0.4, -0.2) is 27.7 Å². The molecule has 0 unspecified atom stereocenters. The number of amides is 1. The van der Waals surface area contributed by atoms with Crippen LogP contribution in [0.5, 0.6) is 0 Å². The summed E-state index contributed by atoms with van der Waals surface area (Å²) < 4.78 is 7.09. The predicted molar refractivity (Wildman–Crippen MR) is 87.7 cm³/mol. The number of aromatic nitrogens is 2. The summed E-state index contributed by atoms with van der Waals surface area (Å²) in [6.45, 7) is 5.75. The van der Waals surface area contributed by atoms with Gasteiger partial charge < -0.3 is 15.6 Å². The van der Waals surface area contributed by atoms with Gasteiger partial charge in [0.1, 0.15) is 5.76 Å². The number of hydrogen-bond acceptors (Lipinski definition) is 4. The van der Waals surface area contributed by atoms with Crippen LogP contribution in [0.25, 0.3) is 5.82 Å². The van der Waals surface area contributed by atoms with Crippen molar-refractivity contribution in [2.24, 2.45) is 5.73 Å². The van der Waals surface area contributed by atoms with Gasteiger partial charge in [0.05, 0.1) is 5.56 Å². The van der Waals surface area contributed by atoms with E-state index >= 15 is 0 Å². The molecule has 0 radical (unpaired) electrons. The van der Waals surface area contributed by atoms with Crippen molar-refractivity contribution in [2.45, 2.75) is 58.5 Å². The quantitative estimate of drug-likeness (QED) is 0.910. The molecule has 0 aliphatic heterocycles. The minimum atomic E-state index is -0.0231. The Labute approximate surface area is 136 Å². The largest absolute Gasteiger partial charge is 0.360 e. The molecule has 0 spiro atoms. The summed E-state index contributed by atoms with van der Waals surface area (Å²) in [6, 6.07) is 4.27. The van der Waals surface area contributed by atoms with Crippen LogP contribution >= 0.6 is 0 Å². The number of carbonyl (C=O) groups excluding carboxylic acids is 1. The van der Waals surface area contributed by atoms with E-state index < -0.39 is 0 Å². The highest BCUT2D eigenvalue weighted by molar-refractivity contribution is 5.96. The molecule has 3 N–H and O–H groups in total. The average molecular weight is 316 g/mol. The van der Waals surface area contributed by atoms with Gasteiger partial charge in [-0.1, -0.05) is 5.16 Å². The molecule has 1 fully saturated rings. The van der Waals surface area contributed by atoms with Gasteiger partial charge in [-0.2, -0.15) is 0 Å². The van der Waals surface area contributed by atoms with Crippen molar-refractivity contribution in [1.29, 1.82) is 0 Å². The smallest absolute Gasteiger partial charge is 0.253 e. The van der Waals surface area contributed by atoms with Gasteiger partial charge >= 0.3 is 0 Å². The van der Waals surface area contributed by atoms with Crippen LogP contribution in [0.15, 0.2) is 16.7 Å². The molecule has 1 saturated carbocycles. The first-order valence-electron chi connectivity index (χ1n) is 8.14. The third-order valence-electron chi connectivity index (χ3n) is 4.63. The maximum atomic E-state index is 12.6. The fourth-order valence-electron chi connectivity index (χ4n) is 3.33. The number of carbonyl (C=O) groups is 1. The van der Waals surface area contributed by atoms with Crippen LogP contribution in [0.3, 0.4) is 0 Å². The third-order valence-corrected chi connectivity index (χ3v) is 4.63. The molecular formula is C17H24N4O2. The van der Waals surface area contributed by atoms with Gasteiger partial charge in [0.2, 0.25) is 0 Å². The summed E-state index contributed by atoms with van der Waals surface area (Å²) in [5.41, 5.74) is 8.45. The van der Waals surface area contributed by atoms with Crippen LogP contribution in [0.4, 0.5) is 0 Å². The standard InChI is InChI=1S/C17H24N4O2/c1-10-8-15(12(3)21(10)16-9-11(2)23-20-16)17(22)19-14-6-4-13(18)5-7-14/h8-9,13-14H,4-7,18H2,1-3H3,(H,19,22). The highest BCUT2D eigenvalue weighted by Gasteiger charge is 2.23. The summed E-state index contributed by atoms with van der Waals surface area (Å²) in [4.78, 5) is 12.6. The van der Waals surface area contributed by atoms with E-state index in [1.165, 1.54) is 0 Å². The molecule has 0 atom stereocenters. The van der Waals surface area contributed by atoms with E-state index in [2.05, 4.69) is 10.5 Å². The molecule has 0 saturated heterocycles. The molecule has 1 amide bonds. The lowest BCUT2D eigenvalue weighted by Crippen LogP contribution is -2.40. The van der Waals surface area contributed by atoms with Crippen molar-refractivity contribution in [3.8, 4) is 5.82 Å². The molecule has 6 heteroatoms. The number of nitrogens with two attached hydrogens (primary N) is 1. The molecule has 0 bridgehead atoms. The fourth-order valence-corrected chi connectivity index (χ4v) is 3.33. The van der Waals surface area contributed by atoms with Gasteiger partial charge in [0.25, 0.3) is 5.91 Å². The van der Waals surface area contributed by atoms with Crippen LogP contribution in [-0.2, 0) is 0 Å². The predicted octanol–water partition coefficient (Wildman–Crippen LogP) is 2.39. The van der Waals surface area contributed by atoms with Crippen molar-refractivity contribution in [3.05, 3.63) is 34.8 Å². The molecule has 23 heavy (non-hydrogen) atoms. The van der Waals surface area contributed by atoms with Gasteiger partial charge in [-0.25, -0.2) is 0 Å². The summed E-state index contributed by atoms with van der Waals surface area (Å²) in [6.07, 6.45) is 3.85. The Morgan fingerprint density at radius 1 is 1.26 bits per heavy atom. The molecule has 3 rings (SSSR count). The highest BCUT2D eigenvalue weighted by Crippen LogP contribution is 2.22. The maximum Gasteiger partial charge on any atom is 0.253 e. The van der Waals surface area contributed by atoms with E-state index in [1.54, 1.807) is 0 Å². The van der Waals surface area contributed by atoms with Crippen molar-refractivity contribution in [3.63, 3.8) is 0 Å². The summed E-state index contributed by atoms with van der Waals surface area (Å²) >= 11 is 0. The molecular weight excluding hydrogens is 292 g/mol. The maximum absolute atomic E-state index is 12.6. The second-order valence-electron chi connectivity index (χ2n) is 6.50. The molecule has 2 aromatic rings. The van der Waals surface area contributed by atoms with Crippen LogP contribution in [0.1, 0.15) is 53.2 Å². The van der Waals surface area contributed by atoms with E-state index in [0.717, 1.165) is 42.8 Å². The first-order valence-corrected chi connectivity index (χ1v) is 8.14. The summed E-state index contributed by atoms with van der Waals surface area (Å²) in [7, 11) is 0. The molecule has 2 aromatic heterocycles. The number of rotatable bonds is 3. The second-order valence-corrected chi connectivity index (χ2v) is 6.50. The molecule has 0 aromatic carbocycles. The number of hydrogen-bond donors (Lipinski definition) is 2. The third kappa shape index (κ3) is 3.17. The van der Waals surface area contributed by atoms with Gasteiger partial charge in [0, 0.05) is 29.5 Å². The zero-order valence-corrected chi connectivity index (χ0v) is 13.9. The first kappa shape index (κ1) is 15.8. The second kappa shape index (κ2) is 6.20. The topological polar surface area (TPSA) is 86.1 Å². The number of nitrogens with one attached hydrogen (secondary N) is 1. The Bertz CT molecular complexity index is 708.